The molecule has 0 amide bonds. The van der Waals surface area contributed by atoms with Crippen LogP contribution in [0.5, 0.6) is 0 Å². The second kappa shape index (κ2) is 7.49. The van der Waals surface area contributed by atoms with Gasteiger partial charge >= 0.3 is 0 Å². The van der Waals surface area contributed by atoms with Gasteiger partial charge in [0.25, 0.3) is 5.69 Å². The van der Waals surface area contributed by atoms with Gasteiger partial charge in [-0.3, -0.25) is 15.1 Å². The van der Waals surface area contributed by atoms with Crippen molar-refractivity contribution in [3.05, 3.63) is 39.9 Å². The first-order chi connectivity index (χ1) is 10.5. The molecule has 1 heterocycles. The van der Waals surface area contributed by atoms with Gasteiger partial charge in [0.15, 0.2) is 5.96 Å². The fourth-order valence-corrected chi connectivity index (χ4v) is 3.63. The summed E-state index contributed by atoms with van der Waals surface area (Å²) in [4.78, 5) is 14.5. The van der Waals surface area contributed by atoms with Gasteiger partial charge in [0.1, 0.15) is 0 Å². The van der Waals surface area contributed by atoms with Crippen molar-refractivity contribution in [3.8, 4) is 0 Å². The minimum Gasteiger partial charge on any atom is -0.355 e. The fourth-order valence-electron chi connectivity index (χ4n) is 2.39. The Morgan fingerprint density at radius 3 is 2.68 bits per heavy atom. The Bertz CT molecular complexity index is 539. The van der Waals surface area contributed by atoms with E-state index in [1.54, 1.807) is 19.2 Å². The summed E-state index contributed by atoms with van der Waals surface area (Å²) in [6, 6.07) is 6.55. The topological polar surface area (TPSA) is 79.6 Å². The van der Waals surface area contributed by atoms with Crippen molar-refractivity contribution in [3.63, 3.8) is 0 Å². The molecule has 0 aromatic heterocycles. The summed E-state index contributed by atoms with van der Waals surface area (Å²) in [5.74, 6) is 1.99. The predicted molar refractivity (Wildman–Crippen MR) is 91.4 cm³/mol. The first-order valence-electron chi connectivity index (χ1n) is 7.34. The lowest BCUT2D eigenvalue weighted by molar-refractivity contribution is -0.384. The van der Waals surface area contributed by atoms with E-state index in [1.165, 1.54) is 30.7 Å². The first-order valence-corrected chi connectivity index (χ1v) is 8.33. The number of rotatable bonds is 5. The number of nitrogens with one attached hydrogen (secondary N) is 2. The Morgan fingerprint density at radius 1 is 1.41 bits per heavy atom. The fraction of sp³-hybridized carbons (Fsp3) is 0.533. The Balaban J connectivity index is 1.82. The van der Waals surface area contributed by atoms with Gasteiger partial charge < -0.3 is 10.6 Å². The molecule has 22 heavy (non-hydrogen) atoms. The van der Waals surface area contributed by atoms with Crippen LogP contribution in [0, 0.1) is 10.1 Å². The SMILES string of the molecule is CN=C(NCc1ccc([N+](=O)[O-])cc1)NCC1(C)CCCS1. The van der Waals surface area contributed by atoms with Crippen molar-refractivity contribution < 1.29 is 4.92 Å². The first kappa shape index (κ1) is 16.6. The molecule has 0 saturated carbocycles. The summed E-state index contributed by atoms with van der Waals surface area (Å²) in [5, 5.41) is 17.2. The molecule has 2 N–H and O–H groups in total. The molecule has 0 spiro atoms. The van der Waals surface area contributed by atoms with Gasteiger partial charge in [0.2, 0.25) is 0 Å². The molecule has 1 atom stereocenters. The molecule has 2 rings (SSSR count). The maximum absolute atomic E-state index is 10.6. The van der Waals surface area contributed by atoms with E-state index in [4.69, 9.17) is 0 Å². The number of aliphatic imine (C=N–C) groups is 1. The zero-order chi connectivity index (χ0) is 16.0. The van der Waals surface area contributed by atoms with Crippen LogP contribution in [0.4, 0.5) is 5.69 Å². The molecule has 1 fully saturated rings. The number of guanidine groups is 1. The summed E-state index contributed by atoms with van der Waals surface area (Å²) < 4.78 is 0.283. The predicted octanol–water partition coefficient (Wildman–Crippen LogP) is 2.55. The standard InChI is InChI=1S/C15H22N4O2S/c1-15(8-3-9-22-15)11-18-14(16-2)17-10-12-4-6-13(7-5-12)19(20)21/h4-7H,3,8-11H2,1-2H3,(H2,16,17,18). The van der Waals surface area contributed by atoms with E-state index in [2.05, 4.69) is 22.5 Å². The molecular formula is C15H22N4O2S. The third-order valence-electron chi connectivity index (χ3n) is 3.76. The zero-order valence-corrected chi connectivity index (χ0v) is 13.8. The van der Waals surface area contributed by atoms with Crippen molar-refractivity contribution in [1.29, 1.82) is 0 Å². The third kappa shape index (κ3) is 4.62. The maximum atomic E-state index is 10.6. The maximum Gasteiger partial charge on any atom is 0.269 e. The minimum atomic E-state index is -0.391. The molecule has 1 aromatic rings. The lowest BCUT2D eigenvalue weighted by atomic mass is 10.1. The smallest absolute Gasteiger partial charge is 0.269 e. The van der Waals surface area contributed by atoms with Gasteiger partial charge in [0, 0.05) is 37.0 Å². The van der Waals surface area contributed by atoms with Crippen molar-refractivity contribution in [2.45, 2.75) is 31.1 Å². The molecule has 7 heteroatoms. The van der Waals surface area contributed by atoms with Crippen LogP contribution < -0.4 is 10.6 Å². The van der Waals surface area contributed by atoms with Crippen LogP contribution in [0.15, 0.2) is 29.3 Å². The van der Waals surface area contributed by atoms with Crippen LogP contribution in [0.2, 0.25) is 0 Å². The number of hydrogen-bond acceptors (Lipinski definition) is 4. The molecule has 0 radical (unpaired) electrons. The van der Waals surface area contributed by atoms with E-state index in [0.29, 0.717) is 6.54 Å². The van der Waals surface area contributed by atoms with Crippen molar-refractivity contribution in [2.75, 3.05) is 19.3 Å². The molecule has 0 bridgehead atoms. The average molecular weight is 322 g/mol. The molecule has 120 valence electrons. The highest BCUT2D eigenvalue weighted by atomic mass is 32.2. The summed E-state index contributed by atoms with van der Waals surface area (Å²) in [6.07, 6.45) is 2.50. The lowest BCUT2D eigenvalue weighted by Gasteiger charge is -2.24. The van der Waals surface area contributed by atoms with Crippen LogP contribution in [-0.2, 0) is 6.54 Å². The lowest BCUT2D eigenvalue weighted by Crippen LogP contribution is -2.43. The molecule has 1 saturated heterocycles. The monoisotopic (exact) mass is 322 g/mol. The molecule has 1 aromatic carbocycles. The van der Waals surface area contributed by atoms with Crippen molar-refractivity contribution in [1.82, 2.24) is 10.6 Å². The Morgan fingerprint density at radius 2 is 2.14 bits per heavy atom. The molecular weight excluding hydrogens is 300 g/mol. The highest BCUT2D eigenvalue weighted by molar-refractivity contribution is 8.00. The number of nitro groups is 1. The van der Waals surface area contributed by atoms with E-state index in [9.17, 15) is 10.1 Å². The van der Waals surface area contributed by atoms with E-state index in [0.717, 1.165) is 18.1 Å². The van der Waals surface area contributed by atoms with Crippen LogP contribution in [0.3, 0.4) is 0 Å². The second-order valence-electron chi connectivity index (χ2n) is 5.60. The Labute approximate surface area is 134 Å². The zero-order valence-electron chi connectivity index (χ0n) is 13.0. The molecule has 0 aliphatic carbocycles. The van der Waals surface area contributed by atoms with E-state index >= 15 is 0 Å². The molecule has 1 aliphatic heterocycles. The summed E-state index contributed by atoms with van der Waals surface area (Å²) in [7, 11) is 1.75. The van der Waals surface area contributed by atoms with Crippen molar-refractivity contribution in [2.24, 2.45) is 4.99 Å². The summed E-state index contributed by atoms with van der Waals surface area (Å²) in [6.45, 7) is 3.75. The second-order valence-corrected chi connectivity index (χ2v) is 7.29. The number of nitro benzene ring substituents is 1. The molecule has 1 aliphatic rings. The average Bonchev–Trinajstić information content (AvgIpc) is 2.95. The summed E-state index contributed by atoms with van der Waals surface area (Å²) >= 11 is 2.01. The van der Waals surface area contributed by atoms with Gasteiger partial charge in [-0.25, -0.2) is 0 Å². The van der Waals surface area contributed by atoms with Gasteiger partial charge in [-0.1, -0.05) is 12.1 Å². The minimum absolute atomic E-state index is 0.109. The summed E-state index contributed by atoms with van der Waals surface area (Å²) in [5.41, 5.74) is 1.09. The highest BCUT2D eigenvalue weighted by Gasteiger charge is 2.29. The molecule has 6 nitrogen and oxygen atoms in total. The Kier molecular flexibility index (Phi) is 5.65. The van der Waals surface area contributed by atoms with Gasteiger partial charge in [-0.15, -0.1) is 0 Å². The van der Waals surface area contributed by atoms with Crippen LogP contribution in [0.25, 0.3) is 0 Å². The normalized spacial score (nSPS) is 21.6. The highest BCUT2D eigenvalue weighted by Crippen LogP contribution is 2.36. The largest absolute Gasteiger partial charge is 0.355 e. The third-order valence-corrected chi connectivity index (χ3v) is 5.30. The van der Waals surface area contributed by atoms with E-state index < -0.39 is 4.92 Å². The van der Waals surface area contributed by atoms with Crippen LogP contribution in [0.1, 0.15) is 25.3 Å². The van der Waals surface area contributed by atoms with Crippen LogP contribution in [-0.4, -0.2) is 35.0 Å². The van der Waals surface area contributed by atoms with Crippen LogP contribution >= 0.6 is 11.8 Å². The van der Waals surface area contributed by atoms with Gasteiger partial charge in [-0.2, -0.15) is 11.8 Å². The molecule has 1 unspecified atom stereocenters. The quantitative estimate of drug-likeness (QED) is 0.377. The number of hydrogen-bond donors (Lipinski definition) is 2. The van der Waals surface area contributed by atoms with Gasteiger partial charge in [0.05, 0.1) is 4.92 Å². The van der Waals surface area contributed by atoms with Crippen molar-refractivity contribution >= 4 is 23.4 Å². The number of thioether (sulfide) groups is 1. The van der Waals surface area contributed by atoms with E-state index in [1.807, 2.05) is 11.8 Å². The number of nitrogens with zero attached hydrogens (tertiary/aromatic N) is 2. The van der Waals surface area contributed by atoms with Gasteiger partial charge in [-0.05, 0) is 31.1 Å². The number of non-ortho nitro benzene ring substituents is 1. The number of benzene rings is 1. The Hall–Kier alpha value is -1.76. The van der Waals surface area contributed by atoms with E-state index in [-0.39, 0.29) is 10.4 Å².